The van der Waals surface area contributed by atoms with Gasteiger partial charge in [-0.2, -0.15) is 0 Å². The van der Waals surface area contributed by atoms with Gasteiger partial charge in [-0.05, 0) is 50.7 Å². The molecular formula is C11H23N. The van der Waals surface area contributed by atoms with Crippen molar-refractivity contribution in [1.82, 2.24) is 4.90 Å². The fraction of sp³-hybridized carbons (Fsp3) is 1.00. The van der Waals surface area contributed by atoms with Crippen LogP contribution in [0.3, 0.4) is 0 Å². The Morgan fingerprint density at radius 1 is 1.25 bits per heavy atom. The van der Waals surface area contributed by atoms with Crippen molar-refractivity contribution in [2.45, 2.75) is 40.0 Å². The molecule has 0 aliphatic carbocycles. The van der Waals surface area contributed by atoms with Gasteiger partial charge in [-0.1, -0.05) is 20.8 Å². The molecule has 1 saturated heterocycles. The van der Waals surface area contributed by atoms with Crippen molar-refractivity contribution in [1.29, 1.82) is 0 Å². The van der Waals surface area contributed by atoms with Crippen LogP contribution in [0.1, 0.15) is 40.0 Å². The normalized spacial score (nSPS) is 32.5. The minimum Gasteiger partial charge on any atom is -0.306 e. The third-order valence-corrected chi connectivity index (χ3v) is 3.07. The number of hydrogen-bond donors (Lipinski definition) is 0. The zero-order valence-corrected chi connectivity index (χ0v) is 9.06. The van der Waals surface area contributed by atoms with Gasteiger partial charge in [0.15, 0.2) is 0 Å². The quantitative estimate of drug-likeness (QED) is 0.539. The molecule has 0 bridgehead atoms. The van der Waals surface area contributed by atoms with Crippen molar-refractivity contribution in [3.05, 3.63) is 0 Å². The van der Waals surface area contributed by atoms with Crippen LogP contribution >= 0.6 is 0 Å². The van der Waals surface area contributed by atoms with Crippen LogP contribution in [0.25, 0.3) is 0 Å². The summed E-state index contributed by atoms with van der Waals surface area (Å²) in [6, 6.07) is 0. The smallest absolute Gasteiger partial charge is 0.00167 e. The second-order valence-electron chi connectivity index (χ2n) is 5.32. The number of hydrogen-bond acceptors (Lipinski definition) is 1. The van der Waals surface area contributed by atoms with Crippen LogP contribution in [0.4, 0.5) is 0 Å². The van der Waals surface area contributed by atoms with Crippen molar-refractivity contribution in [3.63, 3.8) is 0 Å². The zero-order valence-electron chi connectivity index (χ0n) is 9.06. The van der Waals surface area contributed by atoms with Gasteiger partial charge in [0.1, 0.15) is 0 Å². The highest BCUT2D eigenvalue weighted by atomic mass is 15.1. The summed E-state index contributed by atoms with van der Waals surface area (Å²) in [5.41, 5.74) is 0.564. The summed E-state index contributed by atoms with van der Waals surface area (Å²) in [7, 11) is 2.24. The van der Waals surface area contributed by atoms with Crippen molar-refractivity contribution >= 4 is 0 Å². The summed E-state index contributed by atoms with van der Waals surface area (Å²) < 4.78 is 0. The van der Waals surface area contributed by atoms with Gasteiger partial charge >= 0.3 is 0 Å². The maximum Gasteiger partial charge on any atom is -0.00167 e. The molecule has 1 aliphatic rings. The van der Waals surface area contributed by atoms with E-state index in [1.54, 1.807) is 0 Å². The average Bonchev–Trinajstić information content (AvgIpc) is 1.95. The van der Waals surface area contributed by atoms with E-state index < -0.39 is 0 Å². The lowest BCUT2D eigenvalue weighted by atomic mass is 9.78. The highest BCUT2D eigenvalue weighted by Crippen LogP contribution is 2.32. The Kier molecular flexibility index (Phi) is 3.16. The van der Waals surface area contributed by atoms with Crippen LogP contribution in [0.5, 0.6) is 0 Å². The highest BCUT2D eigenvalue weighted by molar-refractivity contribution is 4.76. The molecule has 1 aliphatic heterocycles. The SMILES string of the molecule is CC1CCN(C)CCC(C)(C)C1. The molecule has 0 aromatic heterocycles. The third kappa shape index (κ3) is 3.14. The maximum atomic E-state index is 2.47. The van der Waals surface area contributed by atoms with E-state index in [2.05, 4.69) is 32.7 Å². The van der Waals surface area contributed by atoms with E-state index in [0.29, 0.717) is 5.41 Å². The molecule has 0 N–H and O–H groups in total. The molecule has 0 radical (unpaired) electrons. The Hall–Kier alpha value is -0.0400. The predicted octanol–water partition coefficient (Wildman–Crippen LogP) is 2.76. The minimum absolute atomic E-state index is 0.564. The van der Waals surface area contributed by atoms with Gasteiger partial charge in [-0.3, -0.25) is 0 Å². The molecule has 72 valence electrons. The maximum absolute atomic E-state index is 2.47. The lowest BCUT2D eigenvalue weighted by molar-refractivity contribution is 0.167. The Morgan fingerprint density at radius 2 is 1.92 bits per heavy atom. The second-order valence-corrected chi connectivity index (χ2v) is 5.32. The second kappa shape index (κ2) is 3.78. The van der Waals surface area contributed by atoms with Gasteiger partial charge < -0.3 is 4.90 Å². The van der Waals surface area contributed by atoms with E-state index in [1.807, 2.05) is 0 Å². The topological polar surface area (TPSA) is 3.24 Å². The standard InChI is InChI=1S/C11H23N/c1-10-5-7-12(4)8-6-11(2,3)9-10/h10H,5-9H2,1-4H3. The summed E-state index contributed by atoms with van der Waals surface area (Å²) in [6.07, 6.45) is 4.13. The van der Waals surface area contributed by atoms with E-state index in [4.69, 9.17) is 0 Å². The molecule has 1 rings (SSSR count). The fourth-order valence-electron chi connectivity index (χ4n) is 2.19. The van der Waals surface area contributed by atoms with Crippen LogP contribution in [-0.4, -0.2) is 25.0 Å². The van der Waals surface area contributed by atoms with Gasteiger partial charge in [-0.25, -0.2) is 0 Å². The predicted molar refractivity (Wildman–Crippen MR) is 54.3 cm³/mol. The van der Waals surface area contributed by atoms with Crippen molar-refractivity contribution in [2.24, 2.45) is 11.3 Å². The molecule has 0 spiro atoms. The largest absolute Gasteiger partial charge is 0.306 e. The monoisotopic (exact) mass is 169 g/mol. The highest BCUT2D eigenvalue weighted by Gasteiger charge is 2.23. The van der Waals surface area contributed by atoms with E-state index in [9.17, 15) is 0 Å². The van der Waals surface area contributed by atoms with E-state index in [-0.39, 0.29) is 0 Å². The Labute approximate surface area is 77.1 Å². The van der Waals surface area contributed by atoms with Crippen LogP contribution in [0.15, 0.2) is 0 Å². The van der Waals surface area contributed by atoms with Gasteiger partial charge in [-0.15, -0.1) is 0 Å². The summed E-state index contributed by atoms with van der Waals surface area (Å²) in [5, 5.41) is 0. The van der Waals surface area contributed by atoms with Gasteiger partial charge in [0.2, 0.25) is 0 Å². The molecule has 1 fully saturated rings. The first-order valence-corrected chi connectivity index (χ1v) is 5.18. The summed E-state index contributed by atoms with van der Waals surface area (Å²) in [6.45, 7) is 9.77. The first-order chi connectivity index (χ1) is 5.49. The van der Waals surface area contributed by atoms with Crippen LogP contribution < -0.4 is 0 Å². The Bertz CT molecular complexity index is 140. The van der Waals surface area contributed by atoms with Gasteiger partial charge in [0, 0.05) is 0 Å². The molecule has 0 amide bonds. The van der Waals surface area contributed by atoms with Gasteiger partial charge in [0.25, 0.3) is 0 Å². The Balaban J connectivity index is 2.49. The average molecular weight is 169 g/mol. The number of likely N-dealkylation sites (tertiary alicyclic amines) is 1. The van der Waals surface area contributed by atoms with E-state index in [1.165, 1.54) is 32.4 Å². The van der Waals surface area contributed by atoms with E-state index >= 15 is 0 Å². The third-order valence-electron chi connectivity index (χ3n) is 3.07. The lowest BCUT2D eigenvalue weighted by Crippen LogP contribution is -2.31. The van der Waals surface area contributed by atoms with Crippen molar-refractivity contribution in [2.75, 3.05) is 20.1 Å². The number of rotatable bonds is 0. The first kappa shape index (κ1) is 10.0. The van der Waals surface area contributed by atoms with Gasteiger partial charge in [0.05, 0.1) is 0 Å². The summed E-state index contributed by atoms with van der Waals surface area (Å²) >= 11 is 0. The van der Waals surface area contributed by atoms with Crippen LogP contribution in [-0.2, 0) is 0 Å². The molecule has 1 nitrogen and oxygen atoms in total. The molecule has 0 aromatic carbocycles. The lowest BCUT2D eigenvalue weighted by Gasteiger charge is -2.34. The molecule has 1 heteroatoms. The van der Waals surface area contributed by atoms with Crippen LogP contribution in [0, 0.1) is 11.3 Å². The van der Waals surface area contributed by atoms with Crippen LogP contribution in [0.2, 0.25) is 0 Å². The fourth-order valence-corrected chi connectivity index (χ4v) is 2.19. The molecule has 1 atom stereocenters. The van der Waals surface area contributed by atoms with Crippen molar-refractivity contribution < 1.29 is 0 Å². The zero-order chi connectivity index (χ0) is 9.19. The molecular weight excluding hydrogens is 146 g/mol. The van der Waals surface area contributed by atoms with Crippen molar-refractivity contribution in [3.8, 4) is 0 Å². The molecule has 1 unspecified atom stereocenters. The number of nitrogens with zero attached hydrogens (tertiary/aromatic N) is 1. The Morgan fingerprint density at radius 3 is 2.58 bits per heavy atom. The molecule has 12 heavy (non-hydrogen) atoms. The first-order valence-electron chi connectivity index (χ1n) is 5.18. The minimum atomic E-state index is 0.564. The molecule has 1 heterocycles. The molecule has 0 saturated carbocycles. The van der Waals surface area contributed by atoms with E-state index in [0.717, 1.165) is 5.92 Å². The molecule has 0 aromatic rings. The summed E-state index contributed by atoms with van der Waals surface area (Å²) in [4.78, 5) is 2.47. The summed E-state index contributed by atoms with van der Waals surface area (Å²) in [5.74, 6) is 0.905.